The van der Waals surface area contributed by atoms with Crippen LogP contribution >= 0.6 is 12.4 Å². The van der Waals surface area contributed by atoms with Crippen LogP contribution in [0.25, 0.3) is 0 Å². The fraction of sp³-hybridized carbons (Fsp3) is 0.316. The lowest BCUT2D eigenvalue weighted by Gasteiger charge is -2.22. The van der Waals surface area contributed by atoms with Crippen molar-refractivity contribution in [3.8, 4) is 5.75 Å². The fourth-order valence-electron chi connectivity index (χ4n) is 2.47. The number of halogens is 1. The average Bonchev–Trinajstić information content (AvgIpc) is 2.67. The zero-order chi connectivity index (χ0) is 16.6. The smallest absolute Gasteiger partial charge is 0.250 e. The van der Waals surface area contributed by atoms with E-state index in [4.69, 9.17) is 9.47 Å². The summed E-state index contributed by atoms with van der Waals surface area (Å²) >= 11 is 0. The third-order valence-electron chi connectivity index (χ3n) is 3.86. The molecule has 0 radical (unpaired) electrons. The summed E-state index contributed by atoms with van der Waals surface area (Å²) in [4.78, 5) is 12.0. The summed E-state index contributed by atoms with van der Waals surface area (Å²) in [6.07, 6.45) is -0.391. The number of carbonyl (C=O) groups excluding carboxylic acids is 1. The van der Waals surface area contributed by atoms with Crippen LogP contribution in [-0.2, 0) is 22.7 Å². The van der Waals surface area contributed by atoms with Gasteiger partial charge in [-0.25, -0.2) is 0 Å². The van der Waals surface area contributed by atoms with Crippen LogP contribution in [0.4, 0.5) is 0 Å². The Morgan fingerprint density at radius 2 is 1.84 bits per heavy atom. The van der Waals surface area contributed by atoms with Gasteiger partial charge in [-0.05, 0) is 23.3 Å². The molecule has 0 bridgehead atoms. The predicted octanol–water partition coefficient (Wildman–Crippen LogP) is 2.29. The van der Waals surface area contributed by atoms with Crippen molar-refractivity contribution in [3.05, 3.63) is 65.7 Å². The van der Waals surface area contributed by atoms with Crippen LogP contribution in [0.1, 0.15) is 11.1 Å². The minimum atomic E-state index is -0.391. The maximum Gasteiger partial charge on any atom is 0.250 e. The summed E-state index contributed by atoms with van der Waals surface area (Å²) in [5, 5.41) is 6.06. The molecule has 1 fully saturated rings. The van der Waals surface area contributed by atoms with Crippen LogP contribution in [0.5, 0.6) is 5.75 Å². The number of amides is 1. The molecule has 1 amide bonds. The summed E-state index contributed by atoms with van der Waals surface area (Å²) in [7, 11) is 0. The molecule has 6 heteroatoms. The molecule has 2 aromatic carbocycles. The molecular formula is C19H23ClN2O3. The van der Waals surface area contributed by atoms with E-state index in [1.54, 1.807) is 0 Å². The minimum absolute atomic E-state index is 0. The molecule has 1 aliphatic rings. The van der Waals surface area contributed by atoms with E-state index < -0.39 is 6.10 Å². The number of benzene rings is 2. The van der Waals surface area contributed by atoms with E-state index in [-0.39, 0.29) is 18.3 Å². The van der Waals surface area contributed by atoms with E-state index in [1.165, 1.54) is 0 Å². The topological polar surface area (TPSA) is 59.6 Å². The molecule has 3 rings (SSSR count). The van der Waals surface area contributed by atoms with Crippen LogP contribution in [0.15, 0.2) is 54.6 Å². The average molecular weight is 363 g/mol. The summed E-state index contributed by atoms with van der Waals surface area (Å²) < 4.78 is 11.1. The molecule has 1 saturated heterocycles. The lowest BCUT2D eigenvalue weighted by atomic mass is 10.1. The van der Waals surface area contributed by atoms with Crippen molar-refractivity contribution in [1.82, 2.24) is 10.6 Å². The van der Waals surface area contributed by atoms with Crippen molar-refractivity contribution in [2.45, 2.75) is 19.3 Å². The monoisotopic (exact) mass is 362 g/mol. The van der Waals surface area contributed by atoms with E-state index in [2.05, 4.69) is 10.6 Å². The molecule has 0 aliphatic carbocycles. The van der Waals surface area contributed by atoms with Gasteiger partial charge in [-0.1, -0.05) is 42.5 Å². The van der Waals surface area contributed by atoms with Gasteiger partial charge in [0.15, 0.2) is 0 Å². The van der Waals surface area contributed by atoms with Gasteiger partial charge in [0.25, 0.3) is 5.91 Å². The van der Waals surface area contributed by atoms with Crippen LogP contribution < -0.4 is 15.4 Å². The van der Waals surface area contributed by atoms with Crippen LogP contribution in [0.3, 0.4) is 0 Å². The Bertz CT molecular complexity index is 643. The Labute approximate surface area is 154 Å². The lowest BCUT2D eigenvalue weighted by molar-refractivity contribution is -0.134. The van der Waals surface area contributed by atoms with Gasteiger partial charge >= 0.3 is 0 Å². The van der Waals surface area contributed by atoms with Crippen molar-refractivity contribution in [2.24, 2.45) is 0 Å². The van der Waals surface area contributed by atoms with Gasteiger partial charge in [0.2, 0.25) is 0 Å². The summed E-state index contributed by atoms with van der Waals surface area (Å²) in [5.74, 6) is 0.786. The van der Waals surface area contributed by atoms with Crippen molar-refractivity contribution in [3.63, 3.8) is 0 Å². The third-order valence-corrected chi connectivity index (χ3v) is 3.86. The van der Waals surface area contributed by atoms with Gasteiger partial charge in [0.05, 0.1) is 6.61 Å². The van der Waals surface area contributed by atoms with Crippen LogP contribution in [0, 0.1) is 0 Å². The molecule has 1 atom stereocenters. The number of nitrogens with one attached hydrogen (secondary N) is 2. The standard InChI is InChI=1S/C19H22N2O3.ClH/c22-19(18-13-20-10-11-23-18)21-12-15-6-8-16(9-7-15)14-24-17-4-2-1-3-5-17;/h1-9,18,20H,10-14H2,(H,21,22);1H. The number of carbonyl (C=O) groups is 1. The zero-order valence-corrected chi connectivity index (χ0v) is 14.8. The van der Waals surface area contributed by atoms with Gasteiger partial charge < -0.3 is 20.1 Å². The van der Waals surface area contributed by atoms with E-state index in [1.807, 2.05) is 54.6 Å². The first-order valence-corrected chi connectivity index (χ1v) is 8.17. The molecule has 1 aliphatic heterocycles. The van der Waals surface area contributed by atoms with Crippen LogP contribution in [0.2, 0.25) is 0 Å². The maximum absolute atomic E-state index is 12.0. The summed E-state index contributed by atoms with van der Waals surface area (Å²) in [5.41, 5.74) is 2.14. The maximum atomic E-state index is 12.0. The molecule has 0 saturated carbocycles. The second kappa shape index (κ2) is 10.0. The molecule has 134 valence electrons. The highest BCUT2D eigenvalue weighted by Gasteiger charge is 2.21. The van der Waals surface area contributed by atoms with Gasteiger partial charge in [-0.15, -0.1) is 12.4 Å². The van der Waals surface area contributed by atoms with Crippen molar-refractivity contribution >= 4 is 18.3 Å². The third kappa shape index (κ3) is 6.05. The van der Waals surface area contributed by atoms with Gasteiger partial charge in [0.1, 0.15) is 18.5 Å². The van der Waals surface area contributed by atoms with Crippen molar-refractivity contribution in [2.75, 3.05) is 19.7 Å². The van der Waals surface area contributed by atoms with Crippen molar-refractivity contribution < 1.29 is 14.3 Å². The first-order valence-electron chi connectivity index (χ1n) is 8.17. The highest BCUT2D eigenvalue weighted by Crippen LogP contribution is 2.12. The highest BCUT2D eigenvalue weighted by molar-refractivity contribution is 5.85. The Hall–Kier alpha value is -2.08. The summed E-state index contributed by atoms with van der Waals surface area (Å²) in [6, 6.07) is 17.8. The predicted molar refractivity (Wildman–Crippen MR) is 98.9 cm³/mol. The Kier molecular flexibility index (Phi) is 7.73. The molecule has 25 heavy (non-hydrogen) atoms. The number of hydrogen-bond acceptors (Lipinski definition) is 4. The molecule has 1 unspecified atom stereocenters. The second-order valence-corrected chi connectivity index (χ2v) is 5.70. The lowest BCUT2D eigenvalue weighted by Crippen LogP contribution is -2.47. The molecular weight excluding hydrogens is 340 g/mol. The van der Waals surface area contributed by atoms with Gasteiger partial charge in [-0.3, -0.25) is 4.79 Å². The second-order valence-electron chi connectivity index (χ2n) is 5.70. The van der Waals surface area contributed by atoms with E-state index in [9.17, 15) is 4.79 Å². The largest absolute Gasteiger partial charge is 0.489 e. The van der Waals surface area contributed by atoms with E-state index >= 15 is 0 Å². The number of para-hydroxylation sites is 1. The molecule has 0 spiro atoms. The summed E-state index contributed by atoms with van der Waals surface area (Å²) in [6.45, 7) is 2.98. The number of morpholine rings is 1. The Morgan fingerprint density at radius 3 is 2.52 bits per heavy atom. The van der Waals surface area contributed by atoms with Crippen molar-refractivity contribution in [1.29, 1.82) is 0 Å². The first-order chi connectivity index (χ1) is 11.8. The van der Waals surface area contributed by atoms with Gasteiger partial charge in [-0.2, -0.15) is 0 Å². The highest BCUT2D eigenvalue weighted by atomic mass is 35.5. The first kappa shape index (κ1) is 19.2. The number of rotatable bonds is 6. The normalized spacial score (nSPS) is 16.6. The van der Waals surface area contributed by atoms with E-state index in [0.29, 0.717) is 26.3 Å². The quantitative estimate of drug-likeness (QED) is 0.827. The van der Waals surface area contributed by atoms with Gasteiger partial charge in [0, 0.05) is 19.6 Å². The SMILES string of the molecule is Cl.O=C(NCc1ccc(COc2ccccc2)cc1)C1CNCCO1. The molecule has 2 N–H and O–H groups in total. The molecule has 0 aromatic heterocycles. The Balaban J connectivity index is 0.00000225. The number of ether oxygens (including phenoxy) is 2. The number of hydrogen-bond donors (Lipinski definition) is 2. The minimum Gasteiger partial charge on any atom is -0.489 e. The molecule has 1 heterocycles. The van der Waals surface area contributed by atoms with Crippen LogP contribution in [-0.4, -0.2) is 31.7 Å². The molecule has 2 aromatic rings. The van der Waals surface area contributed by atoms with E-state index in [0.717, 1.165) is 23.4 Å². The Morgan fingerprint density at radius 1 is 1.12 bits per heavy atom. The molecule has 5 nitrogen and oxygen atoms in total. The zero-order valence-electron chi connectivity index (χ0n) is 13.9. The fourth-order valence-corrected chi connectivity index (χ4v) is 2.47.